The van der Waals surface area contributed by atoms with Gasteiger partial charge in [0.05, 0.1) is 30.9 Å². The normalized spacial score (nSPS) is 15.1. The third kappa shape index (κ3) is 3.21. The Balaban J connectivity index is 1.65. The summed E-state index contributed by atoms with van der Waals surface area (Å²) in [4.78, 5) is 26.5. The summed E-state index contributed by atoms with van der Waals surface area (Å²) in [6.45, 7) is 1.58. The van der Waals surface area contributed by atoms with Crippen LogP contribution in [0.5, 0.6) is 11.5 Å². The van der Waals surface area contributed by atoms with Gasteiger partial charge >= 0.3 is 5.97 Å². The second kappa shape index (κ2) is 7.12. The van der Waals surface area contributed by atoms with Gasteiger partial charge in [-0.25, -0.2) is 4.79 Å². The minimum Gasteiger partial charge on any atom is -0.489 e. The van der Waals surface area contributed by atoms with Crippen molar-refractivity contribution in [2.24, 2.45) is 0 Å². The minimum absolute atomic E-state index is 0.169. The van der Waals surface area contributed by atoms with Crippen molar-refractivity contribution in [2.45, 2.75) is 12.8 Å². The average molecular weight is 388 g/mol. The number of hydrogen-bond donors (Lipinski definition) is 0. The van der Waals surface area contributed by atoms with Crippen molar-refractivity contribution in [2.75, 3.05) is 31.8 Å². The number of carbonyl (C=O) groups excluding carboxylic acids is 2. The van der Waals surface area contributed by atoms with Crippen LogP contribution in [0.2, 0.25) is 5.02 Å². The molecule has 0 fully saturated rings. The number of hydrogen-bond acceptors (Lipinski definition) is 5. The Bertz CT molecular complexity index is 927. The number of esters is 1. The van der Waals surface area contributed by atoms with Gasteiger partial charge in [0.25, 0.3) is 5.91 Å². The van der Waals surface area contributed by atoms with Crippen molar-refractivity contribution in [3.63, 3.8) is 0 Å². The number of benzene rings is 2. The number of methoxy groups -OCH3 is 1. The lowest BCUT2D eigenvalue weighted by Crippen LogP contribution is -2.28. The summed E-state index contributed by atoms with van der Waals surface area (Å²) < 4.78 is 16.0. The largest absolute Gasteiger partial charge is 0.489 e. The van der Waals surface area contributed by atoms with Gasteiger partial charge in [0.1, 0.15) is 0 Å². The van der Waals surface area contributed by atoms with Crippen LogP contribution in [0.1, 0.15) is 32.7 Å². The Morgan fingerprint density at radius 2 is 1.93 bits per heavy atom. The molecule has 2 aliphatic rings. The van der Waals surface area contributed by atoms with Gasteiger partial charge in [0, 0.05) is 24.2 Å². The van der Waals surface area contributed by atoms with E-state index in [-0.39, 0.29) is 5.91 Å². The predicted octanol–water partition coefficient (Wildman–Crippen LogP) is 3.49. The first-order chi connectivity index (χ1) is 13.1. The molecule has 0 aliphatic carbocycles. The second-order valence-corrected chi connectivity index (χ2v) is 6.78. The van der Waals surface area contributed by atoms with E-state index < -0.39 is 5.97 Å². The fraction of sp³-hybridized carbons (Fsp3) is 0.300. The summed E-state index contributed by atoms with van der Waals surface area (Å²) in [5, 5.41) is 0.359. The summed E-state index contributed by atoms with van der Waals surface area (Å²) in [5.74, 6) is 0.411. The van der Waals surface area contributed by atoms with Crippen LogP contribution in [-0.2, 0) is 11.2 Å². The molecule has 0 spiro atoms. The number of ether oxygens (including phenoxy) is 3. The molecule has 7 heteroatoms. The third-order valence-electron chi connectivity index (χ3n) is 4.69. The molecule has 2 aliphatic heterocycles. The molecule has 0 atom stereocenters. The quantitative estimate of drug-likeness (QED) is 0.738. The van der Waals surface area contributed by atoms with Crippen molar-refractivity contribution < 1.29 is 23.8 Å². The molecular formula is C20H18ClNO5. The molecule has 2 aromatic rings. The maximum Gasteiger partial charge on any atom is 0.337 e. The first-order valence-electron chi connectivity index (χ1n) is 8.70. The van der Waals surface area contributed by atoms with Crippen LogP contribution in [0.3, 0.4) is 0 Å². The second-order valence-electron chi connectivity index (χ2n) is 6.38. The summed E-state index contributed by atoms with van der Waals surface area (Å²) in [6.07, 6.45) is 1.43. The summed E-state index contributed by atoms with van der Waals surface area (Å²) in [5.41, 5.74) is 2.64. The SMILES string of the molecule is COC(=O)c1ccc2c(c1)CCN2C(=O)c1cc(Cl)c2c(c1)OCCCO2. The van der Waals surface area contributed by atoms with Crippen LogP contribution in [0, 0.1) is 0 Å². The molecule has 0 saturated carbocycles. The van der Waals surface area contributed by atoms with E-state index in [0.29, 0.717) is 53.8 Å². The molecule has 2 heterocycles. The molecule has 0 radical (unpaired) electrons. The van der Waals surface area contributed by atoms with Gasteiger partial charge in [-0.15, -0.1) is 0 Å². The van der Waals surface area contributed by atoms with Gasteiger partial charge in [0.2, 0.25) is 0 Å². The lowest BCUT2D eigenvalue weighted by atomic mass is 10.1. The smallest absolute Gasteiger partial charge is 0.337 e. The average Bonchev–Trinajstić information content (AvgIpc) is 2.95. The Labute approximate surface area is 161 Å². The highest BCUT2D eigenvalue weighted by Gasteiger charge is 2.28. The summed E-state index contributed by atoms with van der Waals surface area (Å²) in [7, 11) is 1.35. The Morgan fingerprint density at radius 3 is 2.74 bits per heavy atom. The molecule has 1 amide bonds. The highest BCUT2D eigenvalue weighted by Crippen LogP contribution is 2.39. The molecule has 6 nitrogen and oxygen atoms in total. The van der Waals surface area contributed by atoms with Crippen molar-refractivity contribution in [3.05, 3.63) is 52.0 Å². The maximum atomic E-state index is 13.1. The topological polar surface area (TPSA) is 65.1 Å². The van der Waals surface area contributed by atoms with Crippen molar-refractivity contribution >= 4 is 29.2 Å². The van der Waals surface area contributed by atoms with Gasteiger partial charge in [-0.2, -0.15) is 0 Å². The van der Waals surface area contributed by atoms with E-state index in [2.05, 4.69) is 0 Å². The highest BCUT2D eigenvalue weighted by atomic mass is 35.5. The van der Waals surface area contributed by atoms with E-state index in [4.69, 9.17) is 25.8 Å². The zero-order chi connectivity index (χ0) is 19.0. The Kier molecular flexibility index (Phi) is 4.66. The monoisotopic (exact) mass is 387 g/mol. The molecule has 4 rings (SSSR count). The summed E-state index contributed by atoms with van der Waals surface area (Å²) >= 11 is 6.32. The molecule has 0 aromatic heterocycles. The zero-order valence-corrected chi connectivity index (χ0v) is 15.5. The lowest BCUT2D eigenvalue weighted by molar-refractivity contribution is 0.0600. The van der Waals surface area contributed by atoms with Gasteiger partial charge in [0.15, 0.2) is 11.5 Å². The molecule has 0 bridgehead atoms. The van der Waals surface area contributed by atoms with E-state index >= 15 is 0 Å². The van der Waals surface area contributed by atoms with Crippen molar-refractivity contribution in [1.29, 1.82) is 0 Å². The number of anilines is 1. The van der Waals surface area contributed by atoms with Gasteiger partial charge in [-0.05, 0) is 42.3 Å². The Hall–Kier alpha value is -2.73. The number of carbonyl (C=O) groups is 2. The van der Waals surface area contributed by atoms with Crippen LogP contribution < -0.4 is 14.4 Å². The van der Waals surface area contributed by atoms with Gasteiger partial charge in [-0.1, -0.05) is 11.6 Å². The molecule has 0 unspecified atom stereocenters. The standard InChI is InChI=1S/C20H18ClNO5/c1-25-20(24)13-3-4-16-12(9-13)5-6-22(16)19(23)14-10-15(21)18-17(11-14)26-7-2-8-27-18/h3-4,9-11H,2,5-8H2,1H3. The molecular weight excluding hydrogens is 370 g/mol. The van der Waals surface area contributed by atoms with Crippen LogP contribution in [0.4, 0.5) is 5.69 Å². The lowest BCUT2D eigenvalue weighted by Gasteiger charge is -2.19. The number of rotatable bonds is 2. The minimum atomic E-state index is -0.391. The number of amides is 1. The van der Waals surface area contributed by atoms with Crippen LogP contribution >= 0.6 is 11.6 Å². The van der Waals surface area contributed by atoms with Crippen molar-refractivity contribution in [3.8, 4) is 11.5 Å². The molecule has 140 valence electrons. The zero-order valence-electron chi connectivity index (χ0n) is 14.8. The molecule has 0 N–H and O–H groups in total. The van der Waals surface area contributed by atoms with E-state index in [1.165, 1.54) is 7.11 Å². The van der Waals surface area contributed by atoms with Crippen LogP contribution in [0.15, 0.2) is 30.3 Å². The van der Waals surface area contributed by atoms with E-state index in [1.807, 2.05) is 0 Å². The number of nitrogens with zero attached hydrogens (tertiary/aromatic N) is 1. The van der Waals surface area contributed by atoms with E-state index in [1.54, 1.807) is 35.2 Å². The first-order valence-corrected chi connectivity index (χ1v) is 9.08. The van der Waals surface area contributed by atoms with E-state index in [9.17, 15) is 9.59 Å². The highest BCUT2D eigenvalue weighted by molar-refractivity contribution is 6.33. The number of halogens is 1. The fourth-order valence-electron chi connectivity index (χ4n) is 3.37. The molecule has 27 heavy (non-hydrogen) atoms. The van der Waals surface area contributed by atoms with Crippen LogP contribution in [-0.4, -0.2) is 38.7 Å². The Morgan fingerprint density at radius 1 is 1.11 bits per heavy atom. The maximum absolute atomic E-state index is 13.1. The molecule has 0 saturated heterocycles. The number of fused-ring (bicyclic) bond motifs is 2. The summed E-state index contributed by atoms with van der Waals surface area (Å²) in [6, 6.07) is 8.50. The van der Waals surface area contributed by atoms with Gasteiger partial charge in [-0.3, -0.25) is 4.79 Å². The fourth-order valence-corrected chi connectivity index (χ4v) is 3.63. The molecule has 2 aromatic carbocycles. The predicted molar refractivity (Wildman–Crippen MR) is 100 cm³/mol. The first kappa shape index (κ1) is 17.7. The van der Waals surface area contributed by atoms with Crippen molar-refractivity contribution in [1.82, 2.24) is 0 Å². The third-order valence-corrected chi connectivity index (χ3v) is 4.97. The van der Waals surface area contributed by atoms with Gasteiger partial charge < -0.3 is 19.1 Å². The van der Waals surface area contributed by atoms with Crippen LogP contribution in [0.25, 0.3) is 0 Å². The van der Waals surface area contributed by atoms with E-state index in [0.717, 1.165) is 17.7 Å².